The molecular formula is C18H16N2O2S. The van der Waals surface area contributed by atoms with Crippen molar-refractivity contribution in [2.24, 2.45) is 0 Å². The maximum atomic E-state index is 12.2. The SMILES string of the molecule is CC(=O)Nc1cccc(-n2cc(-c3sccc3C)ccc2=O)c1. The number of anilines is 1. The molecule has 0 spiro atoms. The van der Waals surface area contributed by atoms with Crippen LogP contribution < -0.4 is 10.9 Å². The maximum Gasteiger partial charge on any atom is 0.255 e. The van der Waals surface area contributed by atoms with E-state index in [2.05, 4.69) is 18.3 Å². The number of hydrogen-bond donors (Lipinski definition) is 1. The number of hydrogen-bond acceptors (Lipinski definition) is 3. The average Bonchev–Trinajstić information content (AvgIpc) is 2.93. The number of nitrogens with one attached hydrogen (secondary N) is 1. The molecule has 0 radical (unpaired) electrons. The van der Waals surface area contributed by atoms with E-state index >= 15 is 0 Å². The van der Waals surface area contributed by atoms with Gasteiger partial charge < -0.3 is 5.32 Å². The van der Waals surface area contributed by atoms with Crippen molar-refractivity contribution >= 4 is 22.9 Å². The Balaban J connectivity index is 2.08. The molecule has 0 aliphatic heterocycles. The van der Waals surface area contributed by atoms with Gasteiger partial charge in [-0.25, -0.2) is 0 Å². The summed E-state index contributed by atoms with van der Waals surface area (Å²) in [5.41, 5.74) is 3.47. The van der Waals surface area contributed by atoms with Crippen LogP contribution in [0.5, 0.6) is 0 Å². The Kier molecular flexibility index (Phi) is 4.12. The third-order valence-corrected chi connectivity index (χ3v) is 4.55. The Morgan fingerprint density at radius 2 is 2.00 bits per heavy atom. The highest BCUT2D eigenvalue weighted by atomic mass is 32.1. The lowest BCUT2D eigenvalue weighted by Crippen LogP contribution is -2.16. The molecule has 0 fully saturated rings. The van der Waals surface area contributed by atoms with Crippen molar-refractivity contribution in [2.45, 2.75) is 13.8 Å². The topological polar surface area (TPSA) is 51.1 Å². The standard InChI is InChI=1S/C18H16N2O2S/c1-12-8-9-23-18(12)14-6-7-17(22)20(11-14)16-5-3-4-15(10-16)19-13(2)21/h3-11H,1-2H3,(H,19,21). The van der Waals surface area contributed by atoms with Gasteiger partial charge in [0.05, 0.1) is 5.69 Å². The summed E-state index contributed by atoms with van der Waals surface area (Å²) in [6.07, 6.45) is 1.84. The summed E-state index contributed by atoms with van der Waals surface area (Å²) in [7, 11) is 0. The van der Waals surface area contributed by atoms with Crippen molar-refractivity contribution < 1.29 is 4.79 Å². The molecule has 0 aliphatic carbocycles. The number of thiophene rings is 1. The average molecular weight is 324 g/mol. The van der Waals surface area contributed by atoms with Crippen LogP contribution in [0.25, 0.3) is 16.1 Å². The molecule has 0 unspecified atom stereocenters. The molecule has 0 bridgehead atoms. The molecule has 0 atom stereocenters. The zero-order valence-electron chi connectivity index (χ0n) is 12.9. The van der Waals surface area contributed by atoms with Crippen LogP contribution in [0.3, 0.4) is 0 Å². The summed E-state index contributed by atoms with van der Waals surface area (Å²) in [5.74, 6) is -0.141. The molecule has 116 valence electrons. The van der Waals surface area contributed by atoms with Gasteiger partial charge in [0.2, 0.25) is 5.91 Å². The van der Waals surface area contributed by atoms with Gasteiger partial charge in [0.1, 0.15) is 0 Å². The van der Waals surface area contributed by atoms with Crippen molar-refractivity contribution in [1.82, 2.24) is 4.57 Å². The van der Waals surface area contributed by atoms with Gasteiger partial charge in [-0.15, -0.1) is 11.3 Å². The van der Waals surface area contributed by atoms with Crippen LogP contribution in [-0.4, -0.2) is 10.5 Å². The smallest absolute Gasteiger partial charge is 0.255 e. The Hall–Kier alpha value is -2.66. The molecule has 0 aliphatic rings. The van der Waals surface area contributed by atoms with Crippen LogP contribution in [0.2, 0.25) is 0 Å². The first-order valence-electron chi connectivity index (χ1n) is 7.20. The predicted octanol–water partition coefficient (Wildman–Crippen LogP) is 3.83. The van der Waals surface area contributed by atoms with E-state index in [-0.39, 0.29) is 11.5 Å². The Morgan fingerprint density at radius 1 is 1.17 bits per heavy atom. The molecule has 3 rings (SSSR count). The molecule has 0 saturated carbocycles. The van der Waals surface area contributed by atoms with Gasteiger partial charge in [-0.3, -0.25) is 14.2 Å². The second-order valence-corrected chi connectivity index (χ2v) is 6.21. The monoisotopic (exact) mass is 324 g/mol. The third kappa shape index (κ3) is 3.24. The van der Waals surface area contributed by atoms with Gasteiger partial charge >= 0.3 is 0 Å². The summed E-state index contributed by atoms with van der Waals surface area (Å²) in [6.45, 7) is 3.51. The van der Waals surface area contributed by atoms with E-state index in [0.717, 1.165) is 16.1 Å². The summed E-state index contributed by atoms with van der Waals surface area (Å²) in [5, 5.41) is 4.77. The van der Waals surface area contributed by atoms with Crippen LogP contribution in [0.4, 0.5) is 5.69 Å². The minimum absolute atomic E-state index is 0.108. The first-order valence-corrected chi connectivity index (χ1v) is 8.08. The number of aryl methyl sites for hydroxylation is 1. The van der Waals surface area contributed by atoms with E-state index in [1.54, 1.807) is 34.1 Å². The molecule has 1 aromatic carbocycles. The largest absolute Gasteiger partial charge is 0.326 e. The van der Waals surface area contributed by atoms with E-state index in [4.69, 9.17) is 0 Å². The summed E-state index contributed by atoms with van der Waals surface area (Å²) in [4.78, 5) is 24.6. The zero-order valence-corrected chi connectivity index (χ0v) is 13.7. The normalized spacial score (nSPS) is 10.5. The van der Waals surface area contributed by atoms with Crippen molar-refractivity contribution in [3.05, 3.63) is 70.0 Å². The Bertz CT molecular complexity index is 925. The Morgan fingerprint density at radius 3 is 2.70 bits per heavy atom. The highest BCUT2D eigenvalue weighted by Crippen LogP contribution is 2.28. The van der Waals surface area contributed by atoms with Crippen molar-refractivity contribution in [1.29, 1.82) is 0 Å². The van der Waals surface area contributed by atoms with Crippen molar-refractivity contribution in [3.8, 4) is 16.1 Å². The number of pyridine rings is 1. The molecule has 2 heterocycles. The second kappa shape index (κ2) is 6.22. The van der Waals surface area contributed by atoms with Crippen LogP contribution in [-0.2, 0) is 4.79 Å². The molecule has 4 nitrogen and oxygen atoms in total. The molecule has 0 saturated heterocycles. The molecule has 23 heavy (non-hydrogen) atoms. The fourth-order valence-corrected chi connectivity index (χ4v) is 3.35. The van der Waals surface area contributed by atoms with E-state index in [0.29, 0.717) is 5.69 Å². The van der Waals surface area contributed by atoms with Crippen LogP contribution >= 0.6 is 11.3 Å². The van der Waals surface area contributed by atoms with E-state index in [1.165, 1.54) is 12.5 Å². The molecule has 5 heteroatoms. The van der Waals surface area contributed by atoms with E-state index in [1.807, 2.05) is 29.8 Å². The molecule has 1 N–H and O–H groups in total. The minimum atomic E-state index is -0.141. The van der Waals surface area contributed by atoms with Crippen molar-refractivity contribution in [3.63, 3.8) is 0 Å². The zero-order chi connectivity index (χ0) is 16.4. The number of carbonyl (C=O) groups is 1. The lowest BCUT2D eigenvalue weighted by atomic mass is 10.1. The number of rotatable bonds is 3. The first kappa shape index (κ1) is 15.2. The fourth-order valence-electron chi connectivity index (χ4n) is 2.43. The molecule has 3 aromatic rings. The number of aromatic nitrogens is 1. The van der Waals surface area contributed by atoms with Gasteiger partial charge in [0.25, 0.3) is 5.56 Å². The second-order valence-electron chi connectivity index (χ2n) is 5.29. The lowest BCUT2D eigenvalue weighted by Gasteiger charge is -2.10. The Labute approximate surface area is 138 Å². The quantitative estimate of drug-likeness (QED) is 0.796. The van der Waals surface area contributed by atoms with Gasteiger partial charge in [0, 0.05) is 35.3 Å². The predicted molar refractivity (Wildman–Crippen MR) is 94.4 cm³/mol. The summed E-state index contributed by atoms with van der Waals surface area (Å²) in [6, 6.07) is 12.7. The van der Waals surface area contributed by atoms with Gasteiger partial charge in [0.15, 0.2) is 0 Å². The molecular weight excluding hydrogens is 308 g/mol. The number of carbonyl (C=O) groups excluding carboxylic acids is 1. The van der Waals surface area contributed by atoms with Crippen LogP contribution in [0.15, 0.2) is 58.8 Å². The van der Waals surface area contributed by atoms with Gasteiger partial charge in [-0.05, 0) is 48.2 Å². The van der Waals surface area contributed by atoms with E-state index < -0.39 is 0 Å². The minimum Gasteiger partial charge on any atom is -0.326 e. The van der Waals surface area contributed by atoms with Gasteiger partial charge in [-0.1, -0.05) is 6.07 Å². The van der Waals surface area contributed by atoms with E-state index in [9.17, 15) is 9.59 Å². The number of benzene rings is 1. The first-order chi connectivity index (χ1) is 11.0. The molecule has 2 aromatic heterocycles. The highest BCUT2D eigenvalue weighted by molar-refractivity contribution is 7.13. The number of nitrogens with zero attached hydrogens (tertiary/aromatic N) is 1. The summed E-state index contributed by atoms with van der Waals surface area (Å²) >= 11 is 1.65. The fraction of sp³-hybridized carbons (Fsp3) is 0.111. The maximum absolute atomic E-state index is 12.2. The van der Waals surface area contributed by atoms with Crippen molar-refractivity contribution in [2.75, 3.05) is 5.32 Å². The third-order valence-electron chi connectivity index (χ3n) is 3.48. The van der Waals surface area contributed by atoms with Gasteiger partial charge in [-0.2, -0.15) is 0 Å². The highest BCUT2D eigenvalue weighted by Gasteiger charge is 2.07. The molecule has 1 amide bonds. The van der Waals surface area contributed by atoms with Crippen LogP contribution in [0.1, 0.15) is 12.5 Å². The summed E-state index contributed by atoms with van der Waals surface area (Å²) < 4.78 is 1.60. The lowest BCUT2D eigenvalue weighted by molar-refractivity contribution is -0.114. The van der Waals surface area contributed by atoms with Crippen LogP contribution in [0, 0.1) is 6.92 Å². The number of amides is 1.